The van der Waals surface area contributed by atoms with E-state index in [9.17, 15) is 0 Å². The summed E-state index contributed by atoms with van der Waals surface area (Å²) < 4.78 is 0. The Hall–Kier alpha value is -0.130. The summed E-state index contributed by atoms with van der Waals surface area (Å²) in [6, 6.07) is 0. The van der Waals surface area contributed by atoms with Crippen LogP contribution in [0.2, 0.25) is 0 Å². The van der Waals surface area contributed by atoms with Crippen molar-refractivity contribution >= 4 is 0 Å². The minimum Gasteiger partial charge on any atom is -0.0625 e. The average molecular weight is 207 g/mol. The van der Waals surface area contributed by atoms with E-state index in [0.29, 0.717) is 5.41 Å². The average Bonchev–Trinajstić information content (AvgIpc) is 2.17. The topological polar surface area (TPSA) is 0 Å². The predicted molar refractivity (Wildman–Crippen MR) is 66.5 cm³/mol. The second-order valence-electron chi connectivity index (χ2n) is 6.68. The molecular weight excluding hydrogens is 180 g/mol. The fourth-order valence-electron chi connectivity index (χ4n) is 4.04. The highest BCUT2D eigenvalue weighted by atomic mass is 14.5. The first-order valence-corrected chi connectivity index (χ1v) is 6.85. The van der Waals surface area contributed by atoms with Crippen LogP contribution in [-0.2, 0) is 0 Å². The van der Waals surface area contributed by atoms with E-state index in [1.54, 1.807) is 0 Å². The maximum Gasteiger partial charge on any atom is 0.105 e. The fraction of sp³-hybridized carbons (Fsp3) is 0.933. The Balaban J connectivity index is 2.09. The summed E-state index contributed by atoms with van der Waals surface area (Å²) in [5, 5.41) is 0. The van der Waals surface area contributed by atoms with Crippen LogP contribution >= 0.6 is 0 Å². The van der Waals surface area contributed by atoms with Crippen molar-refractivity contribution in [2.24, 2.45) is 23.2 Å². The Morgan fingerprint density at radius 2 is 2.00 bits per heavy atom. The Morgan fingerprint density at radius 1 is 1.27 bits per heavy atom. The first-order valence-electron chi connectivity index (χ1n) is 6.85. The van der Waals surface area contributed by atoms with Gasteiger partial charge >= 0.3 is 0 Å². The molecule has 0 aromatic carbocycles. The van der Waals surface area contributed by atoms with Crippen LogP contribution in [0.5, 0.6) is 0 Å². The van der Waals surface area contributed by atoms with Crippen LogP contribution in [0.4, 0.5) is 0 Å². The zero-order chi connectivity index (χ0) is 11.1. The highest BCUT2D eigenvalue weighted by Gasteiger charge is 2.50. The molecule has 2 saturated carbocycles. The number of rotatable bonds is 1. The minimum atomic E-state index is 0.674. The molecule has 0 aromatic heterocycles. The van der Waals surface area contributed by atoms with Gasteiger partial charge in [0.05, 0.1) is 19.3 Å². The molecule has 2 aliphatic rings. The van der Waals surface area contributed by atoms with Crippen molar-refractivity contribution in [1.29, 1.82) is 0 Å². The van der Waals surface area contributed by atoms with E-state index in [-0.39, 0.29) is 0 Å². The molecule has 0 bridgehead atoms. The van der Waals surface area contributed by atoms with E-state index in [2.05, 4.69) is 27.7 Å². The van der Waals surface area contributed by atoms with Crippen LogP contribution in [0.3, 0.4) is 0 Å². The lowest BCUT2D eigenvalue weighted by Crippen LogP contribution is -2.41. The molecule has 0 saturated heterocycles. The summed E-state index contributed by atoms with van der Waals surface area (Å²) in [7, 11) is 0. The van der Waals surface area contributed by atoms with Crippen LogP contribution in [0, 0.1) is 29.1 Å². The zero-order valence-corrected chi connectivity index (χ0v) is 11.0. The highest BCUT2D eigenvalue weighted by Crippen LogP contribution is 2.55. The third-order valence-electron chi connectivity index (χ3n) is 5.32. The van der Waals surface area contributed by atoms with Crippen LogP contribution < -0.4 is 0 Å². The van der Waals surface area contributed by atoms with Gasteiger partial charge < -0.3 is 0 Å². The molecule has 2 aliphatic carbocycles. The molecule has 0 radical (unpaired) electrons. The van der Waals surface area contributed by atoms with Crippen molar-refractivity contribution in [3.05, 3.63) is 5.92 Å². The standard InChI is InChI=1S/C15H27/c1-11(2)13-7-9-15(4)8-5-6-12(3)14(15)10-13/h11,13-14H,5-10H2,1-4H3/q+1/t13-,14+,15-/m1/s1. The van der Waals surface area contributed by atoms with E-state index in [1.165, 1.54) is 38.5 Å². The molecular formula is C15H27+. The van der Waals surface area contributed by atoms with Gasteiger partial charge in [0.1, 0.15) is 5.92 Å². The van der Waals surface area contributed by atoms with Crippen molar-refractivity contribution in [1.82, 2.24) is 0 Å². The molecule has 0 aliphatic heterocycles. The second-order valence-corrected chi connectivity index (χ2v) is 6.68. The van der Waals surface area contributed by atoms with Gasteiger partial charge in [-0.15, -0.1) is 0 Å². The third kappa shape index (κ3) is 2.05. The normalized spacial score (nSPS) is 41.8. The fourth-order valence-corrected chi connectivity index (χ4v) is 4.04. The van der Waals surface area contributed by atoms with E-state index in [4.69, 9.17) is 0 Å². The van der Waals surface area contributed by atoms with Crippen molar-refractivity contribution in [2.45, 2.75) is 66.2 Å². The molecule has 15 heavy (non-hydrogen) atoms. The maximum absolute atomic E-state index is 2.55. The van der Waals surface area contributed by atoms with Crippen LogP contribution in [0.1, 0.15) is 66.2 Å². The molecule has 3 atom stereocenters. The van der Waals surface area contributed by atoms with Crippen molar-refractivity contribution in [3.8, 4) is 0 Å². The third-order valence-corrected chi connectivity index (χ3v) is 5.32. The van der Waals surface area contributed by atoms with Gasteiger partial charge in [0.15, 0.2) is 0 Å². The molecule has 2 fully saturated rings. The smallest absolute Gasteiger partial charge is 0.0625 e. The lowest BCUT2D eigenvalue weighted by atomic mass is 9.54. The molecule has 0 aromatic rings. The van der Waals surface area contributed by atoms with Crippen molar-refractivity contribution in [3.63, 3.8) is 0 Å². The van der Waals surface area contributed by atoms with Gasteiger partial charge in [0.2, 0.25) is 0 Å². The first-order chi connectivity index (χ1) is 7.03. The summed E-state index contributed by atoms with van der Waals surface area (Å²) >= 11 is 0. The van der Waals surface area contributed by atoms with E-state index in [0.717, 1.165) is 17.8 Å². The Bertz CT molecular complexity index is 218. The van der Waals surface area contributed by atoms with Gasteiger partial charge in [-0.3, -0.25) is 0 Å². The van der Waals surface area contributed by atoms with Gasteiger partial charge in [-0.25, -0.2) is 0 Å². The Morgan fingerprint density at radius 3 is 2.67 bits per heavy atom. The first kappa shape index (κ1) is 11.4. The van der Waals surface area contributed by atoms with Crippen LogP contribution in [0.25, 0.3) is 0 Å². The summed E-state index contributed by atoms with van der Waals surface area (Å²) in [6.07, 6.45) is 8.80. The largest absolute Gasteiger partial charge is 0.105 e. The Kier molecular flexibility index (Phi) is 3.05. The quantitative estimate of drug-likeness (QED) is 0.540. The summed E-state index contributed by atoms with van der Waals surface area (Å²) in [5.74, 6) is 4.65. The molecule has 0 heterocycles. The van der Waals surface area contributed by atoms with Crippen molar-refractivity contribution < 1.29 is 0 Å². The predicted octanol–water partition coefficient (Wildman–Crippen LogP) is 4.84. The molecule has 0 N–H and O–H groups in total. The van der Waals surface area contributed by atoms with Gasteiger partial charge in [0.25, 0.3) is 0 Å². The summed E-state index contributed by atoms with van der Waals surface area (Å²) in [4.78, 5) is 0. The van der Waals surface area contributed by atoms with Gasteiger partial charge in [-0.1, -0.05) is 20.8 Å². The maximum atomic E-state index is 2.55. The number of hydrogen-bond acceptors (Lipinski definition) is 0. The monoisotopic (exact) mass is 207 g/mol. The minimum absolute atomic E-state index is 0.674. The molecule has 0 amide bonds. The molecule has 2 rings (SSSR count). The Labute approximate surface area is 95.8 Å². The summed E-state index contributed by atoms with van der Waals surface area (Å²) in [6.45, 7) is 9.79. The number of fused-ring (bicyclic) bond motifs is 1. The lowest BCUT2D eigenvalue weighted by Gasteiger charge is -2.46. The van der Waals surface area contributed by atoms with Gasteiger partial charge in [-0.05, 0) is 43.9 Å². The number of hydrogen-bond donors (Lipinski definition) is 0. The van der Waals surface area contributed by atoms with Crippen molar-refractivity contribution in [2.75, 3.05) is 0 Å². The summed E-state index contributed by atoms with van der Waals surface area (Å²) in [5.41, 5.74) is 0.674. The van der Waals surface area contributed by atoms with Crippen LogP contribution in [-0.4, -0.2) is 0 Å². The SMILES string of the molecule is C[C+]1CCC[C@]2(C)CC[C@@H](C(C)C)C[C@@H]12. The second kappa shape index (κ2) is 4.03. The lowest BCUT2D eigenvalue weighted by molar-refractivity contribution is 0.0409. The molecule has 0 unspecified atom stereocenters. The van der Waals surface area contributed by atoms with Crippen LogP contribution in [0.15, 0.2) is 0 Å². The molecule has 0 heteroatoms. The van der Waals surface area contributed by atoms with E-state index in [1.807, 2.05) is 5.92 Å². The van der Waals surface area contributed by atoms with Gasteiger partial charge in [0, 0.05) is 5.41 Å². The molecule has 86 valence electrons. The zero-order valence-electron chi connectivity index (χ0n) is 11.0. The van der Waals surface area contributed by atoms with Gasteiger partial charge in [-0.2, -0.15) is 0 Å². The highest BCUT2D eigenvalue weighted by molar-refractivity contribution is 5.07. The molecule has 0 spiro atoms. The van der Waals surface area contributed by atoms with E-state index >= 15 is 0 Å². The van der Waals surface area contributed by atoms with E-state index < -0.39 is 0 Å². The molecule has 0 nitrogen and oxygen atoms in total.